The van der Waals surface area contributed by atoms with Gasteiger partial charge in [0.2, 0.25) is 0 Å². The Labute approximate surface area is 185 Å². The van der Waals surface area contributed by atoms with Gasteiger partial charge in [-0.1, -0.05) is 54.6 Å². The molecule has 2 heterocycles. The third-order valence-corrected chi connectivity index (χ3v) is 5.70. The van der Waals surface area contributed by atoms with Crippen molar-refractivity contribution in [3.63, 3.8) is 0 Å². The highest BCUT2D eigenvalue weighted by Crippen LogP contribution is 2.32. The molecule has 0 radical (unpaired) electrons. The van der Waals surface area contributed by atoms with Gasteiger partial charge in [0.25, 0.3) is 5.91 Å². The second-order valence-corrected chi connectivity index (χ2v) is 7.77. The minimum Gasteiger partial charge on any atom is -0.422 e. The number of carbonyl (C=O) groups is 1. The number of piperazine rings is 1. The Morgan fingerprint density at radius 1 is 0.875 bits per heavy atom. The van der Waals surface area contributed by atoms with E-state index in [0.29, 0.717) is 16.7 Å². The Bertz CT molecular complexity index is 1330. The summed E-state index contributed by atoms with van der Waals surface area (Å²) < 4.78 is 5.36. The molecular weight excluding hydrogens is 402 g/mol. The molecule has 3 aromatic carbocycles. The Balaban J connectivity index is 1.54. The average molecular weight is 425 g/mol. The number of hydrogen-bond donors (Lipinski definition) is 2. The summed E-state index contributed by atoms with van der Waals surface area (Å²) in [5.74, 6) is -0.480. The van der Waals surface area contributed by atoms with Crippen LogP contribution in [0, 0.1) is 0 Å². The van der Waals surface area contributed by atoms with Gasteiger partial charge in [0.15, 0.2) is 0 Å². The lowest BCUT2D eigenvalue weighted by Gasteiger charge is -2.31. The minimum absolute atomic E-state index is 0.0138. The van der Waals surface area contributed by atoms with Gasteiger partial charge in [0.1, 0.15) is 11.1 Å². The largest absolute Gasteiger partial charge is 0.422 e. The van der Waals surface area contributed by atoms with Crippen LogP contribution >= 0.6 is 0 Å². The zero-order chi connectivity index (χ0) is 21.9. The van der Waals surface area contributed by atoms with Gasteiger partial charge in [-0.25, -0.2) is 4.79 Å². The van der Waals surface area contributed by atoms with Crippen molar-refractivity contribution in [2.75, 3.05) is 36.4 Å². The lowest BCUT2D eigenvalue weighted by molar-refractivity contribution is 0.102. The van der Waals surface area contributed by atoms with Crippen molar-refractivity contribution < 1.29 is 9.21 Å². The number of nitrogens with one attached hydrogen (secondary N) is 2. The first-order chi connectivity index (χ1) is 15.7. The van der Waals surface area contributed by atoms with E-state index in [9.17, 15) is 9.59 Å². The summed E-state index contributed by atoms with van der Waals surface area (Å²) in [7, 11) is 0. The lowest BCUT2D eigenvalue weighted by Crippen LogP contribution is -2.43. The molecule has 2 N–H and O–H groups in total. The molecule has 4 aromatic rings. The number of anilines is 2. The maximum Gasteiger partial charge on any atom is 0.349 e. The predicted octanol–water partition coefficient (Wildman–Crippen LogP) is 4.12. The average Bonchev–Trinajstić information content (AvgIpc) is 2.84. The third kappa shape index (κ3) is 4.00. The summed E-state index contributed by atoms with van der Waals surface area (Å²) in [6, 6.07) is 24.8. The second-order valence-electron chi connectivity index (χ2n) is 7.77. The predicted molar refractivity (Wildman–Crippen MR) is 127 cm³/mol. The fourth-order valence-electron chi connectivity index (χ4n) is 4.04. The van der Waals surface area contributed by atoms with Crippen LogP contribution < -0.4 is 21.2 Å². The van der Waals surface area contributed by atoms with Gasteiger partial charge in [-0.05, 0) is 35.4 Å². The van der Waals surface area contributed by atoms with Gasteiger partial charge in [0, 0.05) is 31.6 Å². The first kappa shape index (κ1) is 20.0. The molecule has 1 aromatic heterocycles. The first-order valence-corrected chi connectivity index (χ1v) is 10.7. The molecule has 0 saturated carbocycles. The van der Waals surface area contributed by atoms with Crippen molar-refractivity contribution in [1.29, 1.82) is 0 Å². The molecule has 1 aliphatic heterocycles. The normalized spacial score (nSPS) is 13.8. The number of hydrogen-bond acceptors (Lipinski definition) is 5. The number of amides is 1. The van der Waals surface area contributed by atoms with Crippen molar-refractivity contribution in [2.24, 2.45) is 0 Å². The first-order valence-electron chi connectivity index (χ1n) is 10.7. The monoisotopic (exact) mass is 425 g/mol. The van der Waals surface area contributed by atoms with Crippen LogP contribution in [0.4, 0.5) is 11.4 Å². The summed E-state index contributed by atoms with van der Waals surface area (Å²) in [5.41, 5.74) is 3.45. The topological polar surface area (TPSA) is 74.6 Å². The fraction of sp³-hybridized carbons (Fsp3) is 0.154. The number of fused-ring (bicyclic) bond motifs is 1. The van der Waals surface area contributed by atoms with Crippen LogP contribution in [0.25, 0.3) is 22.1 Å². The van der Waals surface area contributed by atoms with Crippen LogP contribution in [0.15, 0.2) is 88.1 Å². The van der Waals surface area contributed by atoms with Crippen molar-refractivity contribution in [3.8, 4) is 11.1 Å². The van der Waals surface area contributed by atoms with Gasteiger partial charge >= 0.3 is 5.63 Å². The summed E-state index contributed by atoms with van der Waals surface area (Å²) in [6.07, 6.45) is 0. The van der Waals surface area contributed by atoms with E-state index in [1.54, 1.807) is 18.2 Å². The highest BCUT2D eigenvalue weighted by Gasteiger charge is 2.19. The number of rotatable bonds is 4. The van der Waals surface area contributed by atoms with Crippen molar-refractivity contribution in [1.82, 2.24) is 5.32 Å². The highest BCUT2D eigenvalue weighted by molar-refractivity contribution is 6.07. The van der Waals surface area contributed by atoms with Gasteiger partial charge in [-0.15, -0.1) is 0 Å². The van der Waals surface area contributed by atoms with Crippen LogP contribution in [0.3, 0.4) is 0 Å². The van der Waals surface area contributed by atoms with Crippen LogP contribution in [0.5, 0.6) is 0 Å². The lowest BCUT2D eigenvalue weighted by atomic mass is 10.0. The van der Waals surface area contributed by atoms with Crippen LogP contribution in [0.2, 0.25) is 0 Å². The van der Waals surface area contributed by atoms with E-state index < -0.39 is 11.5 Å². The zero-order valence-electron chi connectivity index (χ0n) is 17.5. The minimum atomic E-state index is -0.649. The van der Waals surface area contributed by atoms with E-state index in [4.69, 9.17) is 4.42 Å². The molecule has 1 saturated heterocycles. The quantitative estimate of drug-likeness (QED) is 0.481. The summed E-state index contributed by atoms with van der Waals surface area (Å²) >= 11 is 0. The molecule has 1 amide bonds. The van der Waals surface area contributed by atoms with Gasteiger partial charge in [0.05, 0.1) is 11.4 Å². The second kappa shape index (κ2) is 8.69. The Hall–Kier alpha value is -3.90. The van der Waals surface area contributed by atoms with Gasteiger partial charge in [-0.2, -0.15) is 0 Å². The van der Waals surface area contributed by atoms with E-state index in [1.165, 1.54) is 0 Å². The smallest absolute Gasteiger partial charge is 0.349 e. The molecular formula is C26H23N3O3. The summed E-state index contributed by atoms with van der Waals surface area (Å²) in [4.78, 5) is 27.9. The van der Waals surface area contributed by atoms with Crippen molar-refractivity contribution in [3.05, 3.63) is 94.8 Å². The van der Waals surface area contributed by atoms with Crippen LogP contribution in [-0.2, 0) is 0 Å². The van der Waals surface area contributed by atoms with Gasteiger partial charge < -0.3 is 20.0 Å². The molecule has 1 fully saturated rings. The van der Waals surface area contributed by atoms with Crippen molar-refractivity contribution >= 4 is 28.3 Å². The molecule has 0 aliphatic carbocycles. The molecule has 0 spiro atoms. The van der Waals surface area contributed by atoms with E-state index in [2.05, 4.69) is 21.6 Å². The van der Waals surface area contributed by atoms with E-state index in [1.807, 2.05) is 54.6 Å². The summed E-state index contributed by atoms with van der Waals surface area (Å²) in [5, 5.41) is 7.03. The molecule has 0 atom stereocenters. The number of nitrogens with zero attached hydrogens (tertiary/aromatic N) is 1. The molecule has 6 nitrogen and oxygen atoms in total. The van der Waals surface area contributed by atoms with Crippen LogP contribution in [0.1, 0.15) is 10.4 Å². The maximum atomic E-state index is 13.2. The molecule has 160 valence electrons. The van der Waals surface area contributed by atoms with Gasteiger partial charge in [-0.3, -0.25) is 4.79 Å². The Morgan fingerprint density at radius 2 is 1.62 bits per heavy atom. The van der Waals surface area contributed by atoms with Crippen LogP contribution in [-0.4, -0.2) is 32.1 Å². The molecule has 0 unspecified atom stereocenters. The highest BCUT2D eigenvalue weighted by atomic mass is 16.4. The Morgan fingerprint density at radius 3 is 2.44 bits per heavy atom. The maximum absolute atomic E-state index is 13.2. The number of carbonyl (C=O) groups excluding carboxylic acids is 1. The molecule has 0 bridgehead atoms. The molecule has 5 rings (SSSR count). The van der Waals surface area contributed by atoms with E-state index in [0.717, 1.165) is 43.0 Å². The Kier molecular flexibility index (Phi) is 5.44. The fourth-order valence-corrected chi connectivity index (χ4v) is 4.04. The number of benzene rings is 3. The SMILES string of the molecule is O=C(Nc1cc(-c2ccccc2)ccc1N1CCNCC1)c1cc2ccccc2oc1=O. The molecule has 32 heavy (non-hydrogen) atoms. The molecule has 6 heteroatoms. The van der Waals surface area contributed by atoms with Crippen molar-refractivity contribution in [2.45, 2.75) is 0 Å². The van der Waals surface area contributed by atoms with E-state index >= 15 is 0 Å². The van der Waals surface area contributed by atoms with E-state index in [-0.39, 0.29) is 5.56 Å². The third-order valence-electron chi connectivity index (χ3n) is 5.70. The summed E-state index contributed by atoms with van der Waals surface area (Å²) in [6.45, 7) is 3.43. The standard InChI is InChI=1S/C26H23N3O3/c30-25(21-16-20-8-4-5-9-24(20)32-26(21)31)28-22-17-19(18-6-2-1-3-7-18)10-11-23(22)29-14-12-27-13-15-29/h1-11,16-17,27H,12-15H2,(H,28,30). The molecule has 1 aliphatic rings. The number of para-hydroxylation sites is 1. The zero-order valence-corrected chi connectivity index (χ0v) is 17.5.